The van der Waals surface area contributed by atoms with Crippen molar-refractivity contribution < 1.29 is 9.59 Å². The Balaban J connectivity index is 1.66. The average molecular weight is 442 g/mol. The van der Waals surface area contributed by atoms with Gasteiger partial charge in [0.25, 0.3) is 11.5 Å². The van der Waals surface area contributed by atoms with E-state index in [9.17, 15) is 14.4 Å². The van der Waals surface area contributed by atoms with Crippen molar-refractivity contribution >= 4 is 44.3 Å². The molecule has 0 saturated heterocycles. The molecular weight excluding hydrogens is 422 g/mol. The molecule has 1 heterocycles. The second-order valence-corrected chi connectivity index (χ2v) is 7.40. The van der Waals surface area contributed by atoms with Gasteiger partial charge in [-0.05, 0) is 30.7 Å². The standard InChI is InChI=1S/C21H20BrN3O3/c1-13-7-8-14(22)11-17(13)24-19(26)9-10-23-21(28)16-12-20(27)25(2)18-6-4-3-5-15(16)18/h3-8,11-12H,9-10H2,1-2H3,(H,23,28)(H,24,26). The van der Waals surface area contributed by atoms with Crippen molar-refractivity contribution in [3.63, 3.8) is 0 Å². The second kappa shape index (κ2) is 8.39. The molecule has 3 rings (SSSR count). The molecule has 2 N–H and O–H groups in total. The number of carbonyl (C=O) groups excluding carboxylic acids is 2. The van der Waals surface area contributed by atoms with Crippen molar-refractivity contribution in [2.75, 3.05) is 11.9 Å². The predicted molar refractivity (Wildman–Crippen MR) is 114 cm³/mol. The Morgan fingerprint density at radius 2 is 1.86 bits per heavy atom. The number of nitrogens with zero attached hydrogens (tertiary/aromatic N) is 1. The summed E-state index contributed by atoms with van der Waals surface area (Å²) >= 11 is 3.38. The highest BCUT2D eigenvalue weighted by atomic mass is 79.9. The largest absolute Gasteiger partial charge is 0.351 e. The maximum atomic E-state index is 12.6. The number of amides is 2. The Labute approximate surface area is 170 Å². The molecule has 0 aliphatic rings. The summed E-state index contributed by atoms with van der Waals surface area (Å²) in [6.45, 7) is 2.08. The van der Waals surface area contributed by atoms with Crippen LogP contribution in [0.2, 0.25) is 0 Å². The van der Waals surface area contributed by atoms with Gasteiger partial charge < -0.3 is 15.2 Å². The maximum absolute atomic E-state index is 12.6. The average Bonchev–Trinajstić information content (AvgIpc) is 2.67. The summed E-state index contributed by atoms with van der Waals surface area (Å²) in [7, 11) is 1.67. The minimum atomic E-state index is -0.375. The van der Waals surface area contributed by atoms with Crippen molar-refractivity contribution in [2.45, 2.75) is 13.3 Å². The molecule has 2 amide bonds. The van der Waals surface area contributed by atoms with E-state index in [1.165, 1.54) is 10.6 Å². The molecule has 7 heteroatoms. The lowest BCUT2D eigenvalue weighted by Crippen LogP contribution is -2.29. The number of aromatic nitrogens is 1. The fourth-order valence-electron chi connectivity index (χ4n) is 2.92. The number of halogens is 1. The van der Waals surface area contributed by atoms with Gasteiger partial charge in [0.2, 0.25) is 5.91 Å². The third-order valence-electron chi connectivity index (χ3n) is 4.51. The SMILES string of the molecule is Cc1ccc(Br)cc1NC(=O)CCNC(=O)c1cc(=O)n(C)c2ccccc12. The number of para-hydroxylation sites is 1. The van der Waals surface area contributed by atoms with Gasteiger partial charge in [-0.1, -0.05) is 40.2 Å². The van der Waals surface area contributed by atoms with E-state index in [1.54, 1.807) is 19.2 Å². The summed E-state index contributed by atoms with van der Waals surface area (Å²) < 4.78 is 2.37. The zero-order valence-electron chi connectivity index (χ0n) is 15.6. The molecule has 0 unspecified atom stereocenters. The molecule has 0 radical (unpaired) electrons. The third-order valence-corrected chi connectivity index (χ3v) is 5.00. The van der Waals surface area contributed by atoms with Crippen LogP contribution in [0.1, 0.15) is 22.3 Å². The summed E-state index contributed by atoms with van der Waals surface area (Å²) in [4.78, 5) is 36.9. The van der Waals surface area contributed by atoms with Gasteiger partial charge in [0.05, 0.1) is 11.1 Å². The first kappa shape index (κ1) is 19.8. The van der Waals surface area contributed by atoms with Crippen LogP contribution in [0.5, 0.6) is 0 Å². The van der Waals surface area contributed by atoms with Crippen LogP contribution in [-0.2, 0) is 11.8 Å². The molecule has 0 saturated carbocycles. The van der Waals surface area contributed by atoms with E-state index in [0.29, 0.717) is 16.5 Å². The van der Waals surface area contributed by atoms with E-state index < -0.39 is 0 Å². The maximum Gasteiger partial charge on any atom is 0.252 e. The molecule has 0 fully saturated rings. The van der Waals surface area contributed by atoms with Crippen LogP contribution >= 0.6 is 15.9 Å². The molecule has 144 valence electrons. The number of hydrogen-bond acceptors (Lipinski definition) is 3. The Morgan fingerprint density at radius 3 is 2.64 bits per heavy atom. The van der Waals surface area contributed by atoms with E-state index in [-0.39, 0.29) is 30.3 Å². The Morgan fingerprint density at radius 1 is 1.11 bits per heavy atom. The molecule has 0 bridgehead atoms. The van der Waals surface area contributed by atoms with Crippen molar-refractivity contribution in [1.82, 2.24) is 9.88 Å². The van der Waals surface area contributed by atoms with Gasteiger partial charge in [-0.25, -0.2) is 0 Å². The second-order valence-electron chi connectivity index (χ2n) is 6.49. The van der Waals surface area contributed by atoms with E-state index >= 15 is 0 Å². The summed E-state index contributed by atoms with van der Waals surface area (Å²) in [5, 5.41) is 6.25. The fraction of sp³-hybridized carbons (Fsp3) is 0.190. The van der Waals surface area contributed by atoms with Crippen LogP contribution in [0.3, 0.4) is 0 Å². The molecule has 28 heavy (non-hydrogen) atoms. The normalized spacial score (nSPS) is 10.7. The first-order valence-corrected chi connectivity index (χ1v) is 9.59. The van der Waals surface area contributed by atoms with Crippen LogP contribution in [0.4, 0.5) is 5.69 Å². The Hall–Kier alpha value is -2.93. The minimum absolute atomic E-state index is 0.125. The van der Waals surface area contributed by atoms with E-state index in [4.69, 9.17) is 0 Å². The topological polar surface area (TPSA) is 80.2 Å². The van der Waals surface area contributed by atoms with Gasteiger partial charge in [0, 0.05) is 41.6 Å². The number of aryl methyl sites for hydroxylation is 2. The molecule has 0 aliphatic carbocycles. The lowest BCUT2D eigenvalue weighted by atomic mass is 10.1. The number of hydrogen-bond donors (Lipinski definition) is 2. The van der Waals surface area contributed by atoms with Gasteiger partial charge in [-0.2, -0.15) is 0 Å². The molecule has 0 aliphatic heterocycles. The van der Waals surface area contributed by atoms with Crippen molar-refractivity contribution in [3.05, 3.63) is 74.5 Å². The fourth-order valence-corrected chi connectivity index (χ4v) is 3.29. The summed E-state index contributed by atoms with van der Waals surface area (Å²) in [6.07, 6.45) is 0.125. The third kappa shape index (κ3) is 4.31. The van der Waals surface area contributed by atoms with Crippen LogP contribution in [0, 0.1) is 6.92 Å². The van der Waals surface area contributed by atoms with Crippen LogP contribution < -0.4 is 16.2 Å². The van der Waals surface area contributed by atoms with Crippen molar-refractivity contribution in [2.24, 2.45) is 7.05 Å². The number of nitrogens with one attached hydrogen (secondary N) is 2. The van der Waals surface area contributed by atoms with Gasteiger partial charge in [-0.15, -0.1) is 0 Å². The molecule has 6 nitrogen and oxygen atoms in total. The lowest BCUT2D eigenvalue weighted by molar-refractivity contribution is -0.116. The zero-order chi connectivity index (χ0) is 20.3. The van der Waals surface area contributed by atoms with Crippen molar-refractivity contribution in [3.8, 4) is 0 Å². The van der Waals surface area contributed by atoms with E-state index in [1.807, 2.05) is 37.3 Å². The first-order valence-electron chi connectivity index (χ1n) is 8.80. The Kier molecular flexibility index (Phi) is 5.94. The Bertz CT molecular complexity index is 1120. The number of anilines is 1. The van der Waals surface area contributed by atoms with E-state index in [0.717, 1.165) is 15.7 Å². The number of carbonyl (C=O) groups is 2. The number of rotatable bonds is 5. The lowest BCUT2D eigenvalue weighted by Gasteiger charge is -2.11. The molecule has 1 aromatic heterocycles. The quantitative estimate of drug-likeness (QED) is 0.636. The van der Waals surface area contributed by atoms with Gasteiger partial charge in [0.15, 0.2) is 0 Å². The van der Waals surface area contributed by atoms with Gasteiger partial charge in [-0.3, -0.25) is 14.4 Å². The van der Waals surface area contributed by atoms with Crippen LogP contribution in [-0.4, -0.2) is 22.9 Å². The molecule has 0 spiro atoms. The van der Waals surface area contributed by atoms with Gasteiger partial charge >= 0.3 is 0 Å². The highest BCUT2D eigenvalue weighted by Crippen LogP contribution is 2.20. The summed E-state index contributed by atoms with van der Waals surface area (Å²) in [6, 6.07) is 14.2. The first-order chi connectivity index (χ1) is 13.4. The molecule has 3 aromatic rings. The molecule has 2 aromatic carbocycles. The number of fused-ring (bicyclic) bond motifs is 1. The smallest absolute Gasteiger partial charge is 0.252 e. The zero-order valence-corrected chi connectivity index (χ0v) is 17.2. The molecular formula is C21H20BrN3O3. The number of pyridine rings is 1. The summed E-state index contributed by atoms with van der Waals surface area (Å²) in [5.41, 5.74) is 2.41. The summed E-state index contributed by atoms with van der Waals surface area (Å²) in [5.74, 6) is -0.573. The van der Waals surface area contributed by atoms with Crippen LogP contribution in [0.25, 0.3) is 10.9 Å². The minimum Gasteiger partial charge on any atom is -0.351 e. The molecule has 0 atom stereocenters. The van der Waals surface area contributed by atoms with Crippen molar-refractivity contribution in [1.29, 1.82) is 0 Å². The highest BCUT2D eigenvalue weighted by Gasteiger charge is 2.13. The predicted octanol–water partition coefficient (Wildman–Crippen LogP) is 3.37. The van der Waals surface area contributed by atoms with Gasteiger partial charge in [0.1, 0.15) is 0 Å². The van der Waals surface area contributed by atoms with E-state index in [2.05, 4.69) is 26.6 Å². The monoisotopic (exact) mass is 441 g/mol. The number of benzene rings is 2. The highest BCUT2D eigenvalue weighted by molar-refractivity contribution is 9.10. The van der Waals surface area contributed by atoms with Crippen LogP contribution in [0.15, 0.2) is 57.8 Å².